The van der Waals surface area contributed by atoms with Crippen LogP contribution in [-0.2, 0) is 17.8 Å². The van der Waals surface area contributed by atoms with Crippen molar-refractivity contribution < 1.29 is 19.0 Å². The molecule has 4 nitrogen and oxygen atoms in total. The van der Waals surface area contributed by atoms with Gasteiger partial charge in [0.05, 0.1) is 12.2 Å². The minimum absolute atomic E-state index is 0.267. The van der Waals surface area contributed by atoms with Crippen LogP contribution in [0.25, 0.3) is 0 Å². The van der Waals surface area contributed by atoms with Crippen LogP contribution in [0.3, 0.4) is 0 Å². The zero-order valence-corrected chi connectivity index (χ0v) is 17.3. The summed E-state index contributed by atoms with van der Waals surface area (Å²) in [5.74, 6) is 2.46. The maximum absolute atomic E-state index is 11.8. The van der Waals surface area contributed by atoms with Crippen LogP contribution in [0.5, 0.6) is 17.2 Å². The molecule has 0 saturated heterocycles. The van der Waals surface area contributed by atoms with Crippen LogP contribution in [0.15, 0.2) is 30.3 Å². The molecule has 150 valence electrons. The minimum atomic E-state index is -0.267. The Morgan fingerprint density at radius 3 is 2.43 bits per heavy atom. The van der Waals surface area contributed by atoms with Crippen molar-refractivity contribution in [3.8, 4) is 17.2 Å². The lowest BCUT2D eigenvalue weighted by Gasteiger charge is -2.18. The summed E-state index contributed by atoms with van der Waals surface area (Å²) in [5.41, 5.74) is 4.69. The summed E-state index contributed by atoms with van der Waals surface area (Å²) in [6.45, 7) is 8.87. The second-order valence-corrected chi connectivity index (χ2v) is 7.23. The van der Waals surface area contributed by atoms with Crippen molar-refractivity contribution in [3.05, 3.63) is 52.6 Å². The van der Waals surface area contributed by atoms with Crippen LogP contribution in [0.2, 0.25) is 0 Å². The molecule has 0 spiro atoms. The number of esters is 1. The molecule has 0 unspecified atom stereocenters. The number of rotatable bonds is 9. The molecule has 3 rings (SSSR count). The van der Waals surface area contributed by atoms with E-state index >= 15 is 0 Å². The van der Waals surface area contributed by atoms with Gasteiger partial charge in [-0.25, -0.2) is 0 Å². The van der Waals surface area contributed by atoms with Gasteiger partial charge < -0.3 is 14.2 Å². The van der Waals surface area contributed by atoms with Gasteiger partial charge in [0, 0.05) is 6.42 Å². The predicted molar refractivity (Wildman–Crippen MR) is 110 cm³/mol. The Balaban J connectivity index is 1.89. The number of hydrogen-bond acceptors (Lipinski definition) is 4. The number of carbonyl (C=O) groups excluding carboxylic acids is 1. The molecule has 0 N–H and O–H groups in total. The third kappa shape index (κ3) is 4.67. The molecule has 0 aromatic heterocycles. The third-order valence-corrected chi connectivity index (χ3v) is 5.14. The van der Waals surface area contributed by atoms with Gasteiger partial charge in [0.2, 0.25) is 0 Å². The van der Waals surface area contributed by atoms with E-state index in [4.69, 9.17) is 14.2 Å². The molecule has 28 heavy (non-hydrogen) atoms. The molecule has 0 aliphatic heterocycles. The van der Waals surface area contributed by atoms with E-state index in [0.29, 0.717) is 37.1 Å². The SMILES string of the molecule is CCOc1cccc(OC(=O)CC)c1COc1cc(C)c(CC)cc1C1CC1. The molecule has 1 aliphatic carbocycles. The summed E-state index contributed by atoms with van der Waals surface area (Å²) >= 11 is 0. The molecule has 2 aromatic carbocycles. The molecular weight excluding hydrogens is 352 g/mol. The van der Waals surface area contributed by atoms with Crippen molar-refractivity contribution in [1.82, 2.24) is 0 Å². The maximum atomic E-state index is 11.8. The monoisotopic (exact) mass is 382 g/mol. The van der Waals surface area contributed by atoms with E-state index in [-0.39, 0.29) is 5.97 Å². The smallest absolute Gasteiger partial charge is 0.310 e. The van der Waals surface area contributed by atoms with E-state index in [9.17, 15) is 4.79 Å². The summed E-state index contributed by atoms with van der Waals surface area (Å²) in [5, 5.41) is 0. The van der Waals surface area contributed by atoms with Crippen molar-refractivity contribution in [1.29, 1.82) is 0 Å². The Kier molecular flexibility index (Phi) is 6.61. The molecule has 4 heteroatoms. The first-order valence-electron chi connectivity index (χ1n) is 10.3. The number of hydrogen-bond donors (Lipinski definition) is 0. The molecule has 0 heterocycles. The molecule has 0 bridgehead atoms. The first-order chi connectivity index (χ1) is 13.6. The fraction of sp³-hybridized carbons (Fsp3) is 0.458. The van der Waals surface area contributed by atoms with E-state index in [1.54, 1.807) is 13.0 Å². The van der Waals surface area contributed by atoms with Gasteiger partial charge in [0.25, 0.3) is 0 Å². The Morgan fingerprint density at radius 1 is 1.04 bits per heavy atom. The summed E-state index contributed by atoms with van der Waals surface area (Å²) < 4.78 is 17.6. The normalized spacial score (nSPS) is 13.3. The molecule has 0 amide bonds. The van der Waals surface area contributed by atoms with Crippen LogP contribution in [-0.4, -0.2) is 12.6 Å². The average molecular weight is 383 g/mol. The highest BCUT2D eigenvalue weighted by molar-refractivity contribution is 5.72. The van der Waals surface area contributed by atoms with Crippen molar-refractivity contribution in [2.45, 2.75) is 65.9 Å². The van der Waals surface area contributed by atoms with Crippen molar-refractivity contribution in [2.75, 3.05) is 6.61 Å². The lowest BCUT2D eigenvalue weighted by atomic mass is 9.99. The van der Waals surface area contributed by atoms with E-state index in [1.165, 1.54) is 29.5 Å². The molecular formula is C24H30O4. The summed E-state index contributed by atoms with van der Waals surface area (Å²) in [4.78, 5) is 11.8. The van der Waals surface area contributed by atoms with Gasteiger partial charge in [-0.2, -0.15) is 0 Å². The number of aryl methyl sites for hydroxylation is 2. The van der Waals surface area contributed by atoms with E-state index in [2.05, 4.69) is 26.0 Å². The predicted octanol–water partition coefficient (Wildman–Crippen LogP) is 5.73. The van der Waals surface area contributed by atoms with Crippen LogP contribution in [0.1, 0.15) is 68.2 Å². The second kappa shape index (κ2) is 9.13. The fourth-order valence-electron chi connectivity index (χ4n) is 3.38. The second-order valence-electron chi connectivity index (χ2n) is 7.23. The maximum Gasteiger partial charge on any atom is 0.310 e. The highest BCUT2D eigenvalue weighted by Gasteiger charge is 2.28. The number of ether oxygens (including phenoxy) is 3. The summed E-state index contributed by atoms with van der Waals surface area (Å²) in [6.07, 6.45) is 3.79. The van der Waals surface area contributed by atoms with Gasteiger partial charge in [0.15, 0.2) is 0 Å². The van der Waals surface area contributed by atoms with Gasteiger partial charge in [-0.05, 0) is 73.9 Å². The Labute approximate surface area is 167 Å². The molecule has 0 radical (unpaired) electrons. The third-order valence-electron chi connectivity index (χ3n) is 5.14. The van der Waals surface area contributed by atoms with Crippen molar-refractivity contribution in [3.63, 3.8) is 0 Å². The Hall–Kier alpha value is -2.49. The van der Waals surface area contributed by atoms with Crippen LogP contribution in [0, 0.1) is 6.92 Å². The van der Waals surface area contributed by atoms with E-state index < -0.39 is 0 Å². The topological polar surface area (TPSA) is 44.8 Å². The quantitative estimate of drug-likeness (QED) is 0.410. The van der Waals surface area contributed by atoms with Crippen molar-refractivity contribution >= 4 is 5.97 Å². The van der Waals surface area contributed by atoms with E-state index in [0.717, 1.165) is 17.7 Å². The lowest BCUT2D eigenvalue weighted by molar-refractivity contribution is -0.134. The molecule has 1 saturated carbocycles. The Morgan fingerprint density at radius 2 is 1.79 bits per heavy atom. The largest absolute Gasteiger partial charge is 0.493 e. The number of carbonyl (C=O) groups is 1. The molecule has 1 fully saturated rings. The van der Waals surface area contributed by atoms with Gasteiger partial charge in [0.1, 0.15) is 23.9 Å². The average Bonchev–Trinajstić information content (AvgIpc) is 3.53. The Bertz CT molecular complexity index is 837. The van der Waals surface area contributed by atoms with Crippen LogP contribution < -0.4 is 14.2 Å². The highest BCUT2D eigenvalue weighted by Crippen LogP contribution is 2.45. The fourth-order valence-corrected chi connectivity index (χ4v) is 3.38. The summed E-state index contributed by atoms with van der Waals surface area (Å²) in [7, 11) is 0. The lowest BCUT2D eigenvalue weighted by Crippen LogP contribution is -2.10. The molecule has 1 aliphatic rings. The molecule has 0 atom stereocenters. The zero-order chi connectivity index (χ0) is 20.1. The van der Waals surface area contributed by atoms with Crippen LogP contribution in [0.4, 0.5) is 0 Å². The highest BCUT2D eigenvalue weighted by atomic mass is 16.5. The summed E-state index contributed by atoms with van der Waals surface area (Å²) in [6, 6.07) is 9.96. The first-order valence-corrected chi connectivity index (χ1v) is 10.3. The standard InChI is InChI=1S/C24H30O4/c1-5-17-14-19(18-11-12-18)23(13-16(17)4)27-15-20-21(26-7-3)9-8-10-22(20)28-24(25)6-2/h8-10,13-14,18H,5-7,11-12,15H2,1-4H3. The van der Waals surface area contributed by atoms with Gasteiger partial charge in [-0.15, -0.1) is 0 Å². The van der Waals surface area contributed by atoms with Crippen LogP contribution >= 0.6 is 0 Å². The van der Waals surface area contributed by atoms with Gasteiger partial charge >= 0.3 is 5.97 Å². The van der Waals surface area contributed by atoms with Crippen molar-refractivity contribution in [2.24, 2.45) is 0 Å². The van der Waals surface area contributed by atoms with Gasteiger partial charge in [-0.1, -0.05) is 26.0 Å². The van der Waals surface area contributed by atoms with Gasteiger partial charge in [-0.3, -0.25) is 4.79 Å². The minimum Gasteiger partial charge on any atom is -0.493 e. The first kappa shape index (κ1) is 20.2. The molecule has 2 aromatic rings. The zero-order valence-electron chi connectivity index (χ0n) is 17.3. The number of benzene rings is 2. The van der Waals surface area contributed by atoms with E-state index in [1.807, 2.05) is 19.1 Å².